The van der Waals surface area contributed by atoms with E-state index in [2.05, 4.69) is 47.6 Å². The van der Waals surface area contributed by atoms with E-state index < -0.39 is 4.92 Å². The zero-order valence-electron chi connectivity index (χ0n) is 18.5. The molecule has 0 radical (unpaired) electrons. The SMILES string of the molecule is CC(C)(C)[C@@H]1CCc2c(sc(NC(=O)Cn3nnc(-c4ccc([N+](=O)[O-])cc4)n3)c2C#N)C1. The maximum Gasteiger partial charge on any atom is 0.269 e. The number of hydrogen-bond acceptors (Lipinski definition) is 8. The van der Waals surface area contributed by atoms with Gasteiger partial charge >= 0.3 is 0 Å². The molecule has 1 N–H and O–H groups in total. The summed E-state index contributed by atoms with van der Waals surface area (Å²) in [6.07, 6.45) is 2.79. The van der Waals surface area contributed by atoms with Crippen molar-refractivity contribution in [3.8, 4) is 17.5 Å². The van der Waals surface area contributed by atoms with E-state index in [0.717, 1.165) is 29.6 Å². The largest absolute Gasteiger partial charge is 0.315 e. The Labute approximate surface area is 194 Å². The van der Waals surface area contributed by atoms with Gasteiger partial charge in [-0.1, -0.05) is 20.8 Å². The van der Waals surface area contributed by atoms with E-state index >= 15 is 0 Å². The lowest BCUT2D eigenvalue weighted by Crippen LogP contribution is -2.26. The molecule has 1 aliphatic rings. The molecule has 10 nitrogen and oxygen atoms in total. The second-order valence-corrected chi connectivity index (χ2v) is 10.2. The molecule has 2 heterocycles. The van der Waals surface area contributed by atoms with Gasteiger partial charge in [0.15, 0.2) is 0 Å². The number of anilines is 1. The molecule has 4 rings (SSSR count). The standard InChI is InChI=1S/C22H23N7O3S/c1-22(2,3)14-6-9-16-17(11-23)21(33-18(16)10-14)24-19(30)12-28-26-20(25-27-28)13-4-7-15(8-5-13)29(31)32/h4-5,7-8,14H,6,9-10,12H2,1-3H3,(H,24,30)/t14-/m1/s1. The molecule has 1 aromatic carbocycles. The number of aromatic nitrogens is 4. The maximum atomic E-state index is 12.6. The molecule has 2 aromatic heterocycles. The molecule has 0 unspecified atom stereocenters. The molecule has 0 spiro atoms. The molecule has 0 saturated heterocycles. The number of tetrazole rings is 1. The highest BCUT2D eigenvalue weighted by Gasteiger charge is 2.32. The number of hydrogen-bond donors (Lipinski definition) is 1. The first kappa shape index (κ1) is 22.5. The topological polar surface area (TPSA) is 140 Å². The number of non-ortho nitro benzene ring substituents is 1. The molecular formula is C22H23N7O3S. The molecule has 11 heteroatoms. The number of nitrogens with one attached hydrogen (secondary N) is 1. The van der Waals surface area contributed by atoms with Crippen LogP contribution in [-0.4, -0.2) is 31.0 Å². The van der Waals surface area contributed by atoms with Crippen LogP contribution in [0.2, 0.25) is 0 Å². The number of fused-ring (bicyclic) bond motifs is 1. The maximum absolute atomic E-state index is 12.6. The van der Waals surface area contributed by atoms with Crippen LogP contribution in [0.1, 0.15) is 43.2 Å². The zero-order valence-corrected chi connectivity index (χ0v) is 19.3. The first-order valence-electron chi connectivity index (χ1n) is 10.5. The van der Waals surface area contributed by atoms with Gasteiger partial charge in [0.1, 0.15) is 17.6 Å². The second kappa shape index (κ2) is 8.71. The van der Waals surface area contributed by atoms with Gasteiger partial charge < -0.3 is 5.32 Å². The van der Waals surface area contributed by atoms with E-state index in [1.807, 2.05) is 0 Å². The Morgan fingerprint density at radius 3 is 2.73 bits per heavy atom. The summed E-state index contributed by atoms with van der Waals surface area (Å²) in [6, 6.07) is 8.03. The number of nitro groups is 1. The second-order valence-electron chi connectivity index (χ2n) is 9.12. The number of carbonyl (C=O) groups is 1. The molecular weight excluding hydrogens is 442 g/mol. The monoisotopic (exact) mass is 465 g/mol. The Bertz CT molecular complexity index is 1250. The van der Waals surface area contributed by atoms with Gasteiger partial charge in [-0.25, -0.2) is 0 Å². The third-order valence-electron chi connectivity index (χ3n) is 5.93. The van der Waals surface area contributed by atoms with Crippen LogP contribution in [0.4, 0.5) is 10.7 Å². The fourth-order valence-corrected chi connectivity index (χ4v) is 5.28. The summed E-state index contributed by atoms with van der Waals surface area (Å²) in [7, 11) is 0. The van der Waals surface area contributed by atoms with Crippen LogP contribution >= 0.6 is 11.3 Å². The lowest BCUT2D eigenvalue weighted by Gasteiger charge is -2.33. The molecule has 0 fully saturated rings. The lowest BCUT2D eigenvalue weighted by molar-refractivity contribution is -0.384. The molecule has 1 amide bonds. The average molecular weight is 466 g/mol. The Morgan fingerprint density at radius 1 is 1.36 bits per heavy atom. The molecule has 1 aliphatic carbocycles. The van der Waals surface area contributed by atoms with E-state index in [1.165, 1.54) is 40.5 Å². The van der Waals surface area contributed by atoms with Crippen molar-refractivity contribution >= 4 is 27.9 Å². The van der Waals surface area contributed by atoms with Crippen LogP contribution in [-0.2, 0) is 24.2 Å². The fourth-order valence-electron chi connectivity index (χ4n) is 3.98. The van der Waals surface area contributed by atoms with Gasteiger partial charge in [0.2, 0.25) is 11.7 Å². The van der Waals surface area contributed by atoms with Crippen molar-refractivity contribution in [2.75, 3.05) is 5.32 Å². The zero-order chi connectivity index (χ0) is 23.8. The molecule has 0 aliphatic heterocycles. The Hall–Kier alpha value is -3.65. The fraction of sp³-hybridized carbons (Fsp3) is 0.409. The first-order valence-corrected chi connectivity index (χ1v) is 11.3. The average Bonchev–Trinajstić information content (AvgIpc) is 3.36. The number of nitrogens with zero attached hydrogens (tertiary/aromatic N) is 6. The minimum atomic E-state index is -0.487. The van der Waals surface area contributed by atoms with Crippen LogP contribution < -0.4 is 5.32 Å². The van der Waals surface area contributed by atoms with Crippen molar-refractivity contribution in [3.05, 3.63) is 50.4 Å². The van der Waals surface area contributed by atoms with Crippen LogP contribution in [0, 0.1) is 32.8 Å². The van der Waals surface area contributed by atoms with Crippen LogP contribution in [0.5, 0.6) is 0 Å². The molecule has 0 saturated carbocycles. The Kier molecular flexibility index (Phi) is 5.95. The van der Waals surface area contributed by atoms with Crippen molar-refractivity contribution in [1.82, 2.24) is 20.2 Å². The summed E-state index contributed by atoms with van der Waals surface area (Å²) >= 11 is 1.48. The normalized spacial score (nSPS) is 15.5. The summed E-state index contributed by atoms with van der Waals surface area (Å²) in [5.74, 6) is 0.441. The molecule has 170 valence electrons. The van der Waals surface area contributed by atoms with Gasteiger partial charge in [-0.2, -0.15) is 10.1 Å². The summed E-state index contributed by atoms with van der Waals surface area (Å²) in [4.78, 5) is 25.3. The third-order valence-corrected chi connectivity index (χ3v) is 7.10. The number of nitro benzene ring substituents is 1. The summed E-state index contributed by atoms with van der Waals surface area (Å²) in [5.41, 5.74) is 2.31. The predicted molar refractivity (Wildman–Crippen MR) is 123 cm³/mol. The van der Waals surface area contributed by atoms with Crippen molar-refractivity contribution < 1.29 is 9.72 Å². The van der Waals surface area contributed by atoms with Gasteiger partial charge in [0, 0.05) is 22.6 Å². The van der Waals surface area contributed by atoms with E-state index in [4.69, 9.17) is 0 Å². The summed E-state index contributed by atoms with van der Waals surface area (Å²) in [5, 5.41) is 35.9. The summed E-state index contributed by atoms with van der Waals surface area (Å²) < 4.78 is 0. The van der Waals surface area contributed by atoms with Crippen LogP contribution in [0.25, 0.3) is 11.4 Å². The number of nitriles is 1. The summed E-state index contributed by atoms with van der Waals surface area (Å²) in [6.45, 7) is 6.54. The highest BCUT2D eigenvalue weighted by Crippen LogP contribution is 2.44. The van der Waals surface area contributed by atoms with E-state index in [0.29, 0.717) is 22.0 Å². The Balaban J connectivity index is 1.45. The molecule has 1 atom stereocenters. The number of thiophene rings is 1. The molecule has 33 heavy (non-hydrogen) atoms. The van der Waals surface area contributed by atoms with Crippen molar-refractivity contribution in [2.45, 2.75) is 46.6 Å². The number of benzene rings is 1. The number of carbonyl (C=O) groups excluding carboxylic acids is 1. The first-order chi connectivity index (χ1) is 15.7. The highest BCUT2D eigenvalue weighted by molar-refractivity contribution is 7.16. The van der Waals surface area contributed by atoms with Gasteiger partial charge in [-0.3, -0.25) is 14.9 Å². The number of amides is 1. The van der Waals surface area contributed by atoms with Crippen molar-refractivity contribution in [1.29, 1.82) is 5.26 Å². The molecule has 0 bridgehead atoms. The van der Waals surface area contributed by atoms with Crippen LogP contribution in [0.15, 0.2) is 24.3 Å². The van der Waals surface area contributed by atoms with E-state index in [9.17, 15) is 20.2 Å². The predicted octanol–water partition coefficient (Wildman–Crippen LogP) is 3.97. The van der Waals surface area contributed by atoms with Gasteiger partial charge in [-0.15, -0.1) is 21.5 Å². The van der Waals surface area contributed by atoms with Gasteiger partial charge in [-0.05, 0) is 53.5 Å². The van der Waals surface area contributed by atoms with Crippen molar-refractivity contribution in [3.63, 3.8) is 0 Å². The van der Waals surface area contributed by atoms with Gasteiger partial charge in [0.25, 0.3) is 5.69 Å². The van der Waals surface area contributed by atoms with Gasteiger partial charge in [0.05, 0.1) is 10.5 Å². The Morgan fingerprint density at radius 2 is 2.09 bits per heavy atom. The van der Waals surface area contributed by atoms with Crippen LogP contribution in [0.3, 0.4) is 0 Å². The third kappa shape index (κ3) is 4.75. The quantitative estimate of drug-likeness (QED) is 0.444. The minimum Gasteiger partial charge on any atom is -0.315 e. The van der Waals surface area contributed by atoms with Crippen molar-refractivity contribution in [2.24, 2.45) is 11.3 Å². The highest BCUT2D eigenvalue weighted by atomic mass is 32.1. The molecule has 3 aromatic rings. The minimum absolute atomic E-state index is 0.0358. The van der Waals surface area contributed by atoms with E-state index in [-0.39, 0.29) is 29.4 Å². The lowest BCUT2D eigenvalue weighted by atomic mass is 9.72. The van der Waals surface area contributed by atoms with E-state index in [1.54, 1.807) is 0 Å². The number of rotatable bonds is 5. The smallest absolute Gasteiger partial charge is 0.269 e.